The van der Waals surface area contributed by atoms with Crippen LogP contribution in [0.25, 0.3) is 4.91 Å². The van der Waals surface area contributed by atoms with Crippen LogP contribution < -0.4 is 0 Å². The van der Waals surface area contributed by atoms with Gasteiger partial charge in [0.25, 0.3) is 0 Å². The van der Waals surface area contributed by atoms with Crippen molar-refractivity contribution in [3.05, 3.63) is 24.0 Å². The number of thioether (sulfide) groups is 1. The zero-order valence-electron chi connectivity index (χ0n) is 7.50. The zero-order valence-corrected chi connectivity index (χ0v) is 8.32. The van der Waals surface area contributed by atoms with Crippen molar-refractivity contribution in [3.63, 3.8) is 0 Å². The summed E-state index contributed by atoms with van der Waals surface area (Å²) in [5.74, 6) is 1.17. The van der Waals surface area contributed by atoms with E-state index in [-0.39, 0.29) is 0 Å². The fraction of sp³-hybridized carbons (Fsp3) is 0.444. The lowest BCUT2D eigenvalue weighted by molar-refractivity contribution is 1.09. The zero-order chi connectivity index (χ0) is 8.81. The molecule has 66 valence electrons. The Morgan fingerprint density at radius 2 is 2.58 bits per heavy atom. The molecule has 3 heteroatoms. The molecule has 0 aliphatic rings. The second kappa shape index (κ2) is 5.04. The Kier molecular flexibility index (Phi) is 3.94. The van der Waals surface area contributed by atoms with Crippen LogP contribution in [0.4, 0.5) is 0 Å². The van der Waals surface area contributed by atoms with Crippen LogP contribution in [0, 0.1) is 0 Å². The Labute approximate surface area is 77.5 Å². The first-order valence-corrected chi connectivity index (χ1v) is 5.15. The van der Waals surface area contributed by atoms with Crippen LogP contribution in [0.3, 0.4) is 0 Å². The minimum absolute atomic E-state index is 1.17. The molecule has 0 aliphatic carbocycles. The highest BCUT2D eigenvalue weighted by atomic mass is 32.2. The molecule has 0 atom stereocenters. The van der Waals surface area contributed by atoms with E-state index in [1.807, 2.05) is 24.2 Å². The Morgan fingerprint density at radius 3 is 3.08 bits per heavy atom. The van der Waals surface area contributed by atoms with Crippen LogP contribution in [-0.4, -0.2) is 16.0 Å². The molecule has 0 fully saturated rings. The quantitative estimate of drug-likeness (QED) is 0.775. The number of allylic oxidation sites excluding steroid dienone is 1. The number of hydrogen-bond acceptors (Lipinski definition) is 2. The molecule has 1 aromatic rings. The van der Waals surface area contributed by atoms with Gasteiger partial charge in [-0.3, -0.25) is 5.10 Å². The molecule has 0 aliphatic heterocycles. The molecule has 0 spiro atoms. The van der Waals surface area contributed by atoms with Gasteiger partial charge in [0.2, 0.25) is 0 Å². The lowest BCUT2D eigenvalue weighted by atomic mass is 10.3. The van der Waals surface area contributed by atoms with Gasteiger partial charge in [-0.15, -0.1) is 11.8 Å². The van der Waals surface area contributed by atoms with Gasteiger partial charge < -0.3 is 0 Å². The molecule has 1 N–H and O–H groups in total. The van der Waals surface area contributed by atoms with Gasteiger partial charge in [0, 0.05) is 16.7 Å². The van der Waals surface area contributed by atoms with Crippen molar-refractivity contribution in [2.45, 2.75) is 20.3 Å². The number of aromatic nitrogens is 2. The largest absolute Gasteiger partial charge is 0.285 e. The van der Waals surface area contributed by atoms with Crippen molar-refractivity contribution in [2.75, 3.05) is 5.75 Å². The van der Waals surface area contributed by atoms with E-state index in [1.54, 1.807) is 0 Å². The van der Waals surface area contributed by atoms with Gasteiger partial charge in [0.1, 0.15) is 0 Å². The molecule has 0 unspecified atom stereocenters. The van der Waals surface area contributed by atoms with E-state index in [1.165, 1.54) is 22.6 Å². The fourth-order valence-corrected chi connectivity index (χ4v) is 1.80. The first kappa shape index (κ1) is 9.39. The van der Waals surface area contributed by atoms with E-state index in [2.05, 4.69) is 30.1 Å². The number of nitrogens with zero attached hydrogens (tertiary/aromatic N) is 1. The van der Waals surface area contributed by atoms with Gasteiger partial charge in [-0.2, -0.15) is 5.10 Å². The normalized spacial score (nSPS) is 12.0. The smallest absolute Gasteiger partial charge is 0.0570 e. The lowest BCUT2D eigenvalue weighted by Gasteiger charge is -2.01. The summed E-state index contributed by atoms with van der Waals surface area (Å²) in [4.78, 5) is 1.31. The van der Waals surface area contributed by atoms with Crippen LogP contribution >= 0.6 is 11.8 Å². The molecular weight excluding hydrogens is 168 g/mol. The van der Waals surface area contributed by atoms with Gasteiger partial charge in [0.05, 0.1) is 6.20 Å². The molecule has 2 nitrogen and oxygen atoms in total. The highest BCUT2D eigenvalue weighted by molar-refractivity contribution is 8.08. The number of hydrogen-bond donors (Lipinski definition) is 1. The molecular formula is C9H14N2S. The van der Waals surface area contributed by atoms with Crippen LogP contribution in [0.2, 0.25) is 0 Å². The maximum Gasteiger partial charge on any atom is 0.0570 e. The van der Waals surface area contributed by atoms with Gasteiger partial charge in [-0.25, -0.2) is 0 Å². The Hall–Kier alpha value is -0.700. The SMILES string of the molecule is C/C=C(\SCCC)c1cn[nH]c1. The van der Waals surface area contributed by atoms with Crippen LogP contribution in [0.1, 0.15) is 25.8 Å². The van der Waals surface area contributed by atoms with Crippen molar-refractivity contribution in [1.29, 1.82) is 0 Å². The fourth-order valence-electron chi connectivity index (χ4n) is 0.931. The number of nitrogens with one attached hydrogen (secondary N) is 1. The predicted octanol–water partition coefficient (Wildman–Crippen LogP) is 2.91. The van der Waals surface area contributed by atoms with Gasteiger partial charge in [-0.1, -0.05) is 13.0 Å². The summed E-state index contributed by atoms with van der Waals surface area (Å²) in [6.07, 6.45) is 7.13. The monoisotopic (exact) mass is 182 g/mol. The second-order valence-corrected chi connectivity index (χ2v) is 3.63. The molecule has 1 rings (SSSR count). The predicted molar refractivity (Wildman–Crippen MR) is 55.0 cm³/mol. The average Bonchev–Trinajstić information content (AvgIpc) is 2.59. The third-order valence-corrected chi connectivity index (χ3v) is 2.90. The summed E-state index contributed by atoms with van der Waals surface area (Å²) in [6, 6.07) is 0. The topological polar surface area (TPSA) is 28.7 Å². The van der Waals surface area contributed by atoms with Crippen LogP contribution in [0.5, 0.6) is 0 Å². The third-order valence-electron chi connectivity index (χ3n) is 1.51. The van der Waals surface area contributed by atoms with E-state index >= 15 is 0 Å². The van der Waals surface area contributed by atoms with Crippen LogP contribution in [-0.2, 0) is 0 Å². The summed E-state index contributed by atoms with van der Waals surface area (Å²) in [5, 5.41) is 6.74. The van der Waals surface area contributed by atoms with E-state index in [9.17, 15) is 0 Å². The summed E-state index contributed by atoms with van der Waals surface area (Å²) >= 11 is 1.88. The van der Waals surface area contributed by atoms with Gasteiger partial charge >= 0.3 is 0 Å². The van der Waals surface area contributed by atoms with E-state index in [0.717, 1.165) is 0 Å². The molecule has 1 heterocycles. The maximum absolute atomic E-state index is 3.92. The van der Waals surface area contributed by atoms with Gasteiger partial charge in [-0.05, 0) is 19.1 Å². The Morgan fingerprint density at radius 1 is 1.75 bits per heavy atom. The van der Waals surface area contributed by atoms with Crippen molar-refractivity contribution < 1.29 is 0 Å². The molecule has 0 bridgehead atoms. The minimum Gasteiger partial charge on any atom is -0.285 e. The summed E-state index contributed by atoms with van der Waals surface area (Å²) in [5.41, 5.74) is 1.19. The third kappa shape index (κ3) is 2.41. The average molecular weight is 182 g/mol. The molecule has 0 saturated carbocycles. The molecule has 1 aromatic heterocycles. The van der Waals surface area contributed by atoms with Crippen LogP contribution in [0.15, 0.2) is 18.5 Å². The first-order valence-electron chi connectivity index (χ1n) is 4.16. The minimum atomic E-state index is 1.17. The van der Waals surface area contributed by atoms with E-state index in [0.29, 0.717) is 0 Å². The molecule has 0 radical (unpaired) electrons. The Bertz CT molecular complexity index is 239. The summed E-state index contributed by atoms with van der Waals surface area (Å²) < 4.78 is 0. The van der Waals surface area contributed by atoms with Gasteiger partial charge in [0.15, 0.2) is 0 Å². The van der Waals surface area contributed by atoms with E-state index in [4.69, 9.17) is 0 Å². The standard InChI is InChI=1S/C9H14N2S/c1-3-5-12-9(4-2)8-6-10-11-7-8/h4,6-7H,3,5H2,1-2H3,(H,10,11)/b9-4-. The number of H-pyrrole nitrogens is 1. The van der Waals surface area contributed by atoms with Crippen molar-refractivity contribution in [1.82, 2.24) is 10.2 Å². The summed E-state index contributed by atoms with van der Waals surface area (Å²) in [6.45, 7) is 4.25. The summed E-state index contributed by atoms with van der Waals surface area (Å²) in [7, 11) is 0. The van der Waals surface area contributed by atoms with E-state index < -0.39 is 0 Å². The van der Waals surface area contributed by atoms with Crippen molar-refractivity contribution in [3.8, 4) is 0 Å². The highest BCUT2D eigenvalue weighted by Gasteiger charge is 2.00. The second-order valence-electron chi connectivity index (χ2n) is 2.49. The first-order chi connectivity index (χ1) is 5.88. The maximum atomic E-state index is 3.92. The molecule has 0 amide bonds. The van der Waals surface area contributed by atoms with Crippen molar-refractivity contribution >= 4 is 16.7 Å². The molecule has 0 aromatic carbocycles. The lowest BCUT2D eigenvalue weighted by Crippen LogP contribution is -1.78. The highest BCUT2D eigenvalue weighted by Crippen LogP contribution is 2.26. The number of aromatic amines is 1. The molecule has 12 heavy (non-hydrogen) atoms. The number of rotatable bonds is 4. The Balaban J connectivity index is 2.59. The molecule has 0 saturated heterocycles. The van der Waals surface area contributed by atoms with Crippen molar-refractivity contribution in [2.24, 2.45) is 0 Å².